The van der Waals surface area contributed by atoms with Crippen LogP contribution in [0.5, 0.6) is 11.5 Å². The first-order valence-corrected chi connectivity index (χ1v) is 13.2. The van der Waals surface area contributed by atoms with Crippen LogP contribution < -0.4 is 9.47 Å². The highest BCUT2D eigenvalue weighted by Gasteiger charge is 2.33. The fourth-order valence-electron chi connectivity index (χ4n) is 3.72. The van der Waals surface area contributed by atoms with Gasteiger partial charge in [0.05, 0.1) is 54.9 Å². The van der Waals surface area contributed by atoms with E-state index >= 15 is 0 Å². The van der Waals surface area contributed by atoms with Gasteiger partial charge >= 0.3 is 0 Å². The van der Waals surface area contributed by atoms with Crippen molar-refractivity contribution in [1.82, 2.24) is 9.88 Å². The number of hydrogen-bond acceptors (Lipinski definition) is 4. The Kier molecular flexibility index (Phi) is 14.4. The fraction of sp³-hybridized carbons (Fsp3) is 0.400. The topological polar surface area (TPSA) is 51.7 Å². The van der Waals surface area contributed by atoms with E-state index in [0.717, 1.165) is 17.7 Å². The minimum atomic E-state index is -0.872. The average molecular weight is 549 g/mol. The van der Waals surface area contributed by atoms with Gasteiger partial charge in [-0.05, 0) is 31.2 Å². The lowest BCUT2D eigenvalue weighted by molar-refractivity contribution is 0.0765. The Hall–Kier alpha value is -3.19. The van der Waals surface area contributed by atoms with Crippen molar-refractivity contribution in [1.29, 1.82) is 0 Å². The van der Waals surface area contributed by atoms with E-state index in [2.05, 4.69) is 25.4 Å². The van der Waals surface area contributed by atoms with Gasteiger partial charge < -0.3 is 14.4 Å². The van der Waals surface area contributed by atoms with Gasteiger partial charge in [-0.3, -0.25) is 4.79 Å². The van der Waals surface area contributed by atoms with Crippen LogP contribution in [0.3, 0.4) is 0 Å². The summed E-state index contributed by atoms with van der Waals surface area (Å²) in [6.07, 6.45) is 6.09. The van der Waals surface area contributed by atoms with E-state index in [0.29, 0.717) is 17.2 Å². The maximum atomic E-state index is 14.3. The summed E-state index contributed by atoms with van der Waals surface area (Å²) in [5, 5.41) is 0.0764. The summed E-state index contributed by atoms with van der Waals surface area (Å²) >= 11 is 6.33. The number of rotatable bonds is 9. The molecule has 0 N–H and O–H groups in total. The molecule has 0 spiro atoms. The summed E-state index contributed by atoms with van der Waals surface area (Å²) in [7, 11) is 3.08. The van der Waals surface area contributed by atoms with E-state index in [1.54, 1.807) is 25.3 Å². The van der Waals surface area contributed by atoms with Crippen LogP contribution in [-0.4, -0.2) is 30.0 Å². The van der Waals surface area contributed by atoms with Crippen molar-refractivity contribution < 1.29 is 23.0 Å². The lowest BCUT2D eigenvalue weighted by Crippen LogP contribution is -2.23. The Balaban J connectivity index is 0.000000924. The molecule has 0 saturated carbocycles. The number of amides is 1. The van der Waals surface area contributed by atoms with E-state index in [1.165, 1.54) is 44.3 Å². The number of carbonyl (C=O) groups excluding carboxylic acids is 1. The van der Waals surface area contributed by atoms with E-state index < -0.39 is 11.7 Å². The predicted octanol–water partition coefficient (Wildman–Crippen LogP) is 8.87. The molecule has 0 bridgehead atoms. The first-order chi connectivity index (χ1) is 18.3. The third-order valence-corrected chi connectivity index (χ3v) is 5.92. The van der Waals surface area contributed by atoms with Crippen LogP contribution in [0.1, 0.15) is 81.2 Å². The lowest BCUT2D eigenvalue weighted by atomic mass is 10.1. The minimum Gasteiger partial charge on any atom is -0.497 e. The van der Waals surface area contributed by atoms with Crippen LogP contribution >= 0.6 is 11.6 Å². The zero-order valence-electron chi connectivity index (χ0n) is 23.5. The van der Waals surface area contributed by atoms with Gasteiger partial charge in [-0.2, -0.15) is 0 Å². The molecule has 0 fully saturated rings. The Morgan fingerprint density at radius 3 is 2.32 bits per heavy atom. The summed E-state index contributed by atoms with van der Waals surface area (Å²) in [6.45, 7) is 13.6. The fourth-order valence-corrected chi connectivity index (χ4v) is 4.01. The number of benzene rings is 1. The van der Waals surface area contributed by atoms with Crippen molar-refractivity contribution in [2.75, 3.05) is 14.2 Å². The Morgan fingerprint density at radius 1 is 1.16 bits per heavy atom. The van der Waals surface area contributed by atoms with E-state index in [1.807, 2.05) is 13.8 Å². The zero-order valence-corrected chi connectivity index (χ0v) is 24.2. The largest absolute Gasteiger partial charge is 0.497 e. The Bertz CT molecular complexity index is 1160. The summed E-state index contributed by atoms with van der Waals surface area (Å²) < 4.78 is 39.2. The van der Waals surface area contributed by atoms with Gasteiger partial charge in [-0.15, -0.1) is 0 Å². The van der Waals surface area contributed by atoms with E-state index in [-0.39, 0.29) is 40.8 Å². The smallest absolute Gasteiger partial charge is 0.257 e. The van der Waals surface area contributed by atoms with E-state index in [4.69, 9.17) is 21.1 Å². The second-order valence-corrected chi connectivity index (χ2v) is 8.47. The molecule has 0 aliphatic carbocycles. The summed E-state index contributed by atoms with van der Waals surface area (Å²) in [5.74, 6) is -0.802. The second-order valence-electron chi connectivity index (χ2n) is 8.07. The molecule has 2 heterocycles. The van der Waals surface area contributed by atoms with Crippen LogP contribution in [0.4, 0.5) is 8.78 Å². The molecule has 0 saturated heterocycles. The summed E-state index contributed by atoms with van der Waals surface area (Å²) in [5.41, 5.74) is 0.966. The average Bonchev–Trinajstić information content (AvgIpc) is 3.25. The van der Waals surface area contributed by atoms with Crippen molar-refractivity contribution in [2.24, 2.45) is 0 Å². The molecule has 8 heteroatoms. The first-order valence-electron chi connectivity index (χ1n) is 12.8. The molecule has 3 rings (SSSR count). The number of allylic oxidation sites excluding steroid dienone is 5. The third-order valence-electron chi connectivity index (χ3n) is 5.62. The quantitative estimate of drug-likeness (QED) is 0.294. The standard InChI is InChI=1S/C23H21ClF2N2O3.C5H12.C2H6/c1-5-16(25)22(17(26)6-2)18-10-15(24)21-19(27-18)12-28(23(21)29)11-13-7-8-14(30-3)9-20(13)31-4;1-3-5-4-2;1-2/h5-10H,1,11-12H2,2-4H3;3-5H2,1-2H3;1-2H3/b17-6+,22-16-;;. The van der Waals surface area contributed by atoms with Gasteiger partial charge in [0.1, 0.15) is 23.2 Å². The lowest BCUT2D eigenvalue weighted by Gasteiger charge is -2.18. The summed E-state index contributed by atoms with van der Waals surface area (Å²) in [6, 6.07) is 6.58. The van der Waals surface area contributed by atoms with E-state index in [9.17, 15) is 13.6 Å². The van der Waals surface area contributed by atoms with Crippen LogP contribution in [0.2, 0.25) is 5.02 Å². The van der Waals surface area contributed by atoms with Crippen LogP contribution in [-0.2, 0) is 13.1 Å². The van der Waals surface area contributed by atoms with Crippen molar-refractivity contribution in [2.45, 2.75) is 67.0 Å². The van der Waals surface area contributed by atoms with Gasteiger partial charge in [0.2, 0.25) is 0 Å². The van der Waals surface area contributed by atoms with Gasteiger partial charge in [0, 0.05) is 11.6 Å². The molecule has 208 valence electrons. The highest BCUT2D eigenvalue weighted by atomic mass is 35.5. The van der Waals surface area contributed by atoms with Gasteiger partial charge in [-0.1, -0.05) is 71.2 Å². The second kappa shape index (κ2) is 16.6. The normalized spacial score (nSPS) is 12.9. The molecule has 1 aliphatic heterocycles. The number of halogens is 3. The zero-order chi connectivity index (χ0) is 28.8. The third kappa shape index (κ3) is 8.15. The predicted molar refractivity (Wildman–Crippen MR) is 152 cm³/mol. The molecule has 0 unspecified atom stereocenters. The Morgan fingerprint density at radius 2 is 1.82 bits per heavy atom. The molecule has 1 aromatic heterocycles. The maximum absolute atomic E-state index is 14.3. The van der Waals surface area contributed by atoms with Crippen LogP contribution in [0.25, 0.3) is 5.57 Å². The SMILES string of the molecule is C=C/C(F)=C(\C(F)=C/C)c1cc(Cl)c2c(n1)CN(Cc1ccc(OC)cc1OC)C2=O.CC.CCCCC. The van der Waals surface area contributed by atoms with Gasteiger partial charge in [0.25, 0.3) is 5.91 Å². The highest BCUT2D eigenvalue weighted by Crippen LogP contribution is 2.36. The summed E-state index contributed by atoms with van der Waals surface area (Å²) in [4.78, 5) is 18.8. The number of fused-ring (bicyclic) bond motifs is 1. The molecule has 0 radical (unpaired) electrons. The molecule has 5 nitrogen and oxygen atoms in total. The number of carbonyl (C=O) groups is 1. The molecule has 38 heavy (non-hydrogen) atoms. The number of methoxy groups -OCH3 is 2. The molecule has 0 atom stereocenters. The monoisotopic (exact) mass is 548 g/mol. The molecule has 1 amide bonds. The molecule has 1 aliphatic rings. The highest BCUT2D eigenvalue weighted by molar-refractivity contribution is 6.34. The number of pyridine rings is 1. The van der Waals surface area contributed by atoms with Gasteiger partial charge in [0.15, 0.2) is 0 Å². The number of ether oxygens (including phenoxy) is 2. The maximum Gasteiger partial charge on any atom is 0.257 e. The van der Waals surface area contributed by atoms with Crippen molar-refractivity contribution in [3.8, 4) is 11.5 Å². The molecular weight excluding hydrogens is 510 g/mol. The minimum absolute atomic E-state index is 0.00609. The van der Waals surface area contributed by atoms with Crippen molar-refractivity contribution in [3.63, 3.8) is 0 Å². The number of nitrogens with zero attached hydrogens (tertiary/aromatic N) is 2. The first kappa shape index (κ1) is 32.8. The van der Waals surface area contributed by atoms with Crippen LogP contribution in [0.15, 0.2) is 54.7 Å². The number of aromatic nitrogens is 1. The van der Waals surface area contributed by atoms with Crippen molar-refractivity contribution >= 4 is 23.1 Å². The molecular formula is C30H39ClF2N2O3. The molecule has 2 aromatic rings. The van der Waals surface area contributed by atoms with Crippen molar-refractivity contribution in [3.05, 3.63) is 82.2 Å². The Labute approximate surface area is 230 Å². The van der Waals surface area contributed by atoms with Crippen LogP contribution in [0, 0.1) is 0 Å². The number of unbranched alkanes of at least 4 members (excludes halogenated alkanes) is 2. The number of hydrogen-bond donors (Lipinski definition) is 0. The molecule has 1 aromatic carbocycles. The van der Waals surface area contributed by atoms with Gasteiger partial charge in [-0.25, -0.2) is 13.8 Å².